The summed E-state index contributed by atoms with van der Waals surface area (Å²) in [6, 6.07) is 72.1. The third-order valence-electron chi connectivity index (χ3n) is 19.5. The van der Waals surface area contributed by atoms with Crippen molar-refractivity contribution < 1.29 is 128 Å². The largest absolute Gasteiger partial charge is 1.00 e. The second kappa shape index (κ2) is 35.9. The predicted molar refractivity (Wildman–Crippen MR) is 449 cm³/mol. The Morgan fingerprint density at radius 2 is 0.342 bits per heavy atom. The van der Waals surface area contributed by atoms with Crippen LogP contribution in [0.1, 0.15) is 73.2 Å². The molecule has 4 aliphatic rings. The Bertz CT molecular complexity index is 6040. The van der Waals surface area contributed by atoms with Crippen molar-refractivity contribution >= 4 is 117 Å². The number of esters is 4. The van der Waals surface area contributed by atoms with Crippen LogP contribution in [0.5, 0.6) is 46.0 Å². The maximum absolute atomic E-state index is 11.8. The Morgan fingerprint density at radius 3 is 0.467 bits per heavy atom. The van der Waals surface area contributed by atoms with Gasteiger partial charge in [0.2, 0.25) is 0 Å². The number of aromatic hydroxyl groups is 4. The molecule has 4 aliphatic heterocycles. The number of carbonyl (C=O) groups excluding carboxylic acids is 4. The Morgan fingerprint density at radius 1 is 0.217 bits per heavy atom. The molecule has 120 heavy (non-hydrogen) atoms. The molecule has 2 radical (unpaired) electrons. The fourth-order valence-electron chi connectivity index (χ4n) is 14.5. The zero-order valence-electron chi connectivity index (χ0n) is 63.7. The van der Waals surface area contributed by atoms with Gasteiger partial charge < -0.3 is 84.1 Å². The van der Waals surface area contributed by atoms with Gasteiger partial charge in [0.25, 0.3) is 0 Å². The molecule has 602 valence electrons. The summed E-state index contributed by atoms with van der Waals surface area (Å²) in [4.78, 5) is 89.0. The van der Waals surface area contributed by atoms with Crippen LogP contribution in [-0.4, -0.2) is 64.2 Å². The molecule has 20 nitrogen and oxygen atoms in total. The Hall–Kier alpha value is -13.9. The SMILES string of the molecule is CC(=O)Oc1ccc(-c2c3nc(c(-c4ccc(OC(C)=O)cc4)c4ccc([n-]4)c(-c4ccc(OC(C)=O)cc4)c4nc(c(-c5ccc(OC(C)=O)cc5)c5ccc2[n-]5)C=C4)C=C3)cc1.Oc1ccc(-c2c3nc(c(-c4ccc(O)cc4)c4ccc([n-]4)c(-c4ccc(O)cc4)c4nc(c(-c5ccc(O)cc5)c5ccc2[n-]5)C=C4)C=C3)cc1.[Au].[Au].[Cl-].[Cl-]. The summed E-state index contributed by atoms with van der Waals surface area (Å²) in [6.07, 6.45) is 15.5. The minimum atomic E-state index is -0.432. The molecule has 0 amide bonds. The first kappa shape index (κ1) is 84.0. The zero-order chi connectivity index (χ0) is 79.8. The molecular weight excluding hydrogens is 1920 g/mol. The van der Waals surface area contributed by atoms with Crippen molar-refractivity contribution in [1.29, 1.82) is 0 Å². The van der Waals surface area contributed by atoms with Crippen LogP contribution in [-0.2, 0) is 63.9 Å². The van der Waals surface area contributed by atoms with Gasteiger partial charge in [-0.3, -0.25) is 19.2 Å². The van der Waals surface area contributed by atoms with E-state index in [0.29, 0.717) is 135 Å². The quantitative estimate of drug-likeness (QED) is 0.0502. The van der Waals surface area contributed by atoms with Crippen LogP contribution in [0.25, 0.3) is 182 Å². The molecule has 18 rings (SSSR count). The fourth-order valence-corrected chi connectivity index (χ4v) is 14.5. The number of ether oxygens (including phenoxy) is 4. The van der Waals surface area contributed by atoms with Crippen LogP contribution < -0.4 is 63.7 Å². The van der Waals surface area contributed by atoms with E-state index in [1.165, 1.54) is 27.7 Å². The van der Waals surface area contributed by atoms with E-state index in [4.69, 9.17) is 58.8 Å². The van der Waals surface area contributed by atoms with Gasteiger partial charge in [-0.15, -0.1) is 44.1 Å². The van der Waals surface area contributed by atoms with Crippen molar-refractivity contribution in [3.63, 3.8) is 0 Å². The van der Waals surface area contributed by atoms with Gasteiger partial charge in [0.1, 0.15) is 46.0 Å². The standard InChI is InChI=1S/C52H36N4O8.C44H28N4O4.2Au.2ClH/c1-29(57)61-37-13-5-33(6-14-37)49-41-21-23-43(53-41)50(34-7-15-38(16-8-34)62-30(2)58)45-25-27-47(55-45)52(36-11-19-40(20-12-36)64-32(4)60)48-28-26-46(56-48)51(44-24-22-42(49)54-44)35-9-17-39(18-10-35)63-31(3)59;49-29-9-1-25(2-10-29)41-33-17-19-35(45-33)42(26-3-11-30(50)12-4-26)37-21-23-39(47-37)44(28-7-15-32(52)16-8-28)40-24-22-38(48-40)43(36-20-18-34(41)46-36)27-5-13-31(51)14-6-27;;;;/h5-28H,1-4H3;1-24H,(H4-2,45,46,47,48,49,50,51,52);;;2*1H/q2*-2;;;;/p-2. The summed E-state index contributed by atoms with van der Waals surface area (Å²) in [5.74, 6) is 0.442. The zero-order valence-corrected chi connectivity index (χ0v) is 69.5. The van der Waals surface area contributed by atoms with E-state index in [1.807, 2.05) is 194 Å². The molecule has 0 aliphatic carbocycles. The minimum Gasteiger partial charge on any atom is -1.00 e. The summed E-state index contributed by atoms with van der Waals surface area (Å²) >= 11 is 0. The number of hydrogen-bond donors (Lipinski definition) is 4. The fraction of sp³-hybridized carbons (Fsp3) is 0.0417. The van der Waals surface area contributed by atoms with Crippen LogP contribution in [0.2, 0.25) is 0 Å². The van der Waals surface area contributed by atoms with Gasteiger partial charge in [-0.05, 0) is 235 Å². The molecular formula is C96H64Au2Cl2N8O12-6. The third-order valence-corrected chi connectivity index (χ3v) is 19.5. The van der Waals surface area contributed by atoms with Crippen LogP contribution in [0.3, 0.4) is 0 Å². The number of rotatable bonds is 12. The number of carbonyl (C=O) groups is 4. The maximum atomic E-state index is 11.8. The number of fused-ring (bicyclic) bond motifs is 16. The third kappa shape index (κ3) is 17.7. The van der Waals surface area contributed by atoms with Gasteiger partial charge in [0.15, 0.2) is 0 Å². The normalized spacial score (nSPS) is 11.4. The average Bonchev–Trinajstić information content (AvgIpc) is 0.921. The average molecular weight is 1990 g/mol. The molecule has 16 bridgehead atoms. The van der Waals surface area contributed by atoms with E-state index in [9.17, 15) is 39.6 Å². The second-order valence-electron chi connectivity index (χ2n) is 27.4. The number of halogens is 2. The second-order valence-corrected chi connectivity index (χ2v) is 27.4. The van der Waals surface area contributed by atoms with Gasteiger partial charge in [0.05, 0.1) is 45.6 Å². The van der Waals surface area contributed by atoms with Crippen molar-refractivity contribution in [3.05, 3.63) is 288 Å². The molecule has 4 N–H and O–H groups in total. The smallest absolute Gasteiger partial charge is 0.308 e. The predicted octanol–water partition coefficient (Wildman–Crippen LogP) is 13.7. The van der Waals surface area contributed by atoms with Gasteiger partial charge >= 0.3 is 23.9 Å². The van der Waals surface area contributed by atoms with Crippen molar-refractivity contribution in [3.8, 4) is 135 Å². The topological polar surface area (TPSA) is 294 Å². The Labute approximate surface area is 729 Å². The molecule has 0 atom stereocenters. The van der Waals surface area contributed by atoms with Crippen LogP contribution in [0, 0.1) is 0 Å². The first-order chi connectivity index (χ1) is 56.3. The van der Waals surface area contributed by atoms with Crippen LogP contribution >= 0.6 is 0 Å². The molecule has 24 heteroatoms. The number of hydrogen-bond acceptors (Lipinski definition) is 16. The van der Waals surface area contributed by atoms with Crippen molar-refractivity contribution in [2.75, 3.05) is 0 Å². The van der Waals surface area contributed by atoms with E-state index >= 15 is 0 Å². The van der Waals surface area contributed by atoms with Gasteiger partial charge in [0, 0.05) is 72.5 Å². The van der Waals surface area contributed by atoms with Gasteiger partial charge in [-0.1, -0.05) is 146 Å². The van der Waals surface area contributed by atoms with E-state index in [1.54, 1.807) is 97.1 Å². The minimum absolute atomic E-state index is 0. The summed E-state index contributed by atoms with van der Waals surface area (Å²) in [5.41, 5.74) is 22.7. The van der Waals surface area contributed by atoms with Crippen LogP contribution in [0.15, 0.2) is 243 Å². The number of phenolic OH excluding ortho intramolecular Hbond substituents is 4. The molecule has 0 spiro atoms. The van der Waals surface area contributed by atoms with Gasteiger partial charge in [-0.25, -0.2) is 19.9 Å². The van der Waals surface area contributed by atoms with E-state index in [0.717, 1.165) is 66.8 Å². The molecule has 10 heterocycles. The summed E-state index contributed by atoms with van der Waals surface area (Å²) < 4.78 is 21.5. The molecule has 0 fully saturated rings. The first-order valence-electron chi connectivity index (χ1n) is 36.8. The monoisotopic (exact) mass is 1980 g/mol. The molecule has 0 saturated carbocycles. The molecule has 0 unspecified atom stereocenters. The number of nitrogens with zero attached hydrogens (tertiary/aromatic N) is 8. The maximum Gasteiger partial charge on any atom is 0.308 e. The molecule has 14 aromatic rings. The summed E-state index contributed by atoms with van der Waals surface area (Å²) in [6.45, 7) is 5.40. The van der Waals surface area contributed by atoms with E-state index < -0.39 is 23.9 Å². The van der Waals surface area contributed by atoms with E-state index in [2.05, 4.69) is 0 Å². The molecule has 0 saturated heterocycles. The van der Waals surface area contributed by atoms with Crippen molar-refractivity contribution in [2.45, 2.75) is 27.7 Å². The summed E-state index contributed by atoms with van der Waals surface area (Å²) in [5, 5.41) is 40.6. The number of phenols is 4. The van der Waals surface area contributed by atoms with Crippen molar-refractivity contribution in [1.82, 2.24) is 39.9 Å². The van der Waals surface area contributed by atoms with Gasteiger partial charge in [-0.2, -0.15) is 0 Å². The van der Waals surface area contributed by atoms with E-state index in [-0.39, 0.29) is 92.6 Å². The molecule has 8 aromatic carbocycles. The molecule has 6 aromatic heterocycles. The van der Waals surface area contributed by atoms with Crippen molar-refractivity contribution in [2.24, 2.45) is 0 Å². The summed E-state index contributed by atoms with van der Waals surface area (Å²) in [7, 11) is 0. The number of benzene rings is 8. The Balaban J connectivity index is 0.000000204. The van der Waals surface area contributed by atoms with Crippen LogP contribution in [0.4, 0.5) is 0 Å². The first-order valence-corrected chi connectivity index (χ1v) is 36.8. The number of aromatic nitrogens is 8. The Kier molecular flexibility index (Phi) is 25.1.